The largest absolute Gasteiger partial charge is 0.481 e. The predicted molar refractivity (Wildman–Crippen MR) is 74.3 cm³/mol. The number of H-pyrrole nitrogens is 1. The molecule has 4 bridgehead atoms. The Morgan fingerprint density at radius 2 is 1.85 bits per heavy atom. The van der Waals surface area contributed by atoms with Crippen molar-refractivity contribution in [2.45, 2.75) is 50.9 Å². The van der Waals surface area contributed by atoms with E-state index in [0.29, 0.717) is 12.3 Å². The van der Waals surface area contributed by atoms with Gasteiger partial charge in [-0.3, -0.25) is 4.79 Å². The van der Waals surface area contributed by atoms with Crippen LogP contribution in [0.25, 0.3) is 0 Å². The van der Waals surface area contributed by atoms with Crippen molar-refractivity contribution in [1.29, 1.82) is 0 Å². The standard InChI is InChI=1S/C16H22N2O2/c19-14(20)2-1-13-8-17-16(18-13)15-11-4-9-3-10(6-11)7-12(15)5-9/h8-12,15H,1-7H2,(H,17,18)(H,19,20). The molecule has 2 N–H and O–H groups in total. The number of aromatic nitrogens is 2. The number of rotatable bonds is 4. The Kier molecular flexibility index (Phi) is 2.86. The van der Waals surface area contributed by atoms with E-state index < -0.39 is 5.97 Å². The van der Waals surface area contributed by atoms with E-state index in [-0.39, 0.29) is 6.42 Å². The fourth-order valence-corrected chi connectivity index (χ4v) is 5.29. The van der Waals surface area contributed by atoms with E-state index in [1.165, 1.54) is 32.1 Å². The molecule has 0 aromatic carbocycles. The van der Waals surface area contributed by atoms with Gasteiger partial charge < -0.3 is 10.1 Å². The topological polar surface area (TPSA) is 66.0 Å². The van der Waals surface area contributed by atoms with Crippen LogP contribution in [0, 0.1) is 23.7 Å². The van der Waals surface area contributed by atoms with E-state index in [0.717, 1.165) is 35.2 Å². The number of nitrogens with one attached hydrogen (secondary N) is 1. The average Bonchev–Trinajstić information content (AvgIpc) is 2.83. The maximum Gasteiger partial charge on any atom is 0.303 e. The molecule has 1 aromatic heterocycles. The van der Waals surface area contributed by atoms with E-state index in [1.54, 1.807) is 0 Å². The normalized spacial score (nSPS) is 38.3. The van der Waals surface area contributed by atoms with Crippen molar-refractivity contribution in [3.05, 3.63) is 17.7 Å². The molecule has 20 heavy (non-hydrogen) atoms. The molecular weight excluding hydrogens is 252 g/mol. The van der Waals surface area contributed by atoms with E-state index in [1.807, 2.05) is 6.20 Å². The summed E-state index contributed by atoms with van der Waals surface area (Å²) in [5.41, 5.74) is 0.983. The zero-order valence-corrected chi connectivity index (χ0v) is 11.7. The van der Waals surface area contributed by atoms with E-state index in [2.05, 4.69) is 9.97 Å². The molecule has 4 aliphatic carbocycles. The summed E-state index contributed by atoms with van der Waals surface area (Å²) in [5.74, 6) is 4.62. The zero-order valence-electron chi connectivity index (χ0n) is 11.7. The van der Waals surface area contributed by atoms with Crippen molar-refractivity contribution in [2.24, 2.45) is 23.7 Å². The number of hydrogen-bond acceptors (Lipinski definition) is 2. The van der Waals surface area contributed by atoms with Crippen LogP contribution in [0.15, 0.2) is 6.20 Å². The molecule has 4 saturated carbocycles. The Morgan fingerprint density at radius 1 is 1.20 bits per heavy atom. The summed E-state index contributed by atoms with van der Waals surface area (Å²) >= 11 is 0. The van der Waals surface area contributed by atoms with Gasteiger partial charge in [0.2, 0.25) is 0 Å². The minimum absolute atomic E-state index is 0.184. The van der Waals surface area contributed by atoms with Gasteiger partial charge in [0.25, 0.3) is 0 Å². The molecule has 0 aliphatic heterocycles. The second kappa shape index (κ2) is 4.61. The minimum Gasteiger partial charge on any atom is -0.481 e. The monoisotopic (exact) mass is 274 g/mol. The van der Waals surface area contributed by atoms with Crippen molar-refractivity contribution in [3.8, 4) is 0 Å². The maximum absolute atomic E-state index is 10.6. The highest BCUT2D eigenvalue weighted by molar-refractivity contribution is 5.66. The van der Waals surface area contributed by atoms with Gasteiger partial charge in [-0.2, -0.15) is 0 Å². The number of nitrogens with zero attached hydrogens (tertiary/aromatic N) is 1. The van der Waals surface area contributed by atoms with Gasteiger partial charge in [0.1, 0.15) is 5.82 Å². The van der Waals surface area contributed by atoms with Crippen LogP contribution in [-0.2, 0) is 11.2 Å². The molecule has 4 nitrogen and oxygen atoms in total. The van der Waals surface area contributed by atoms with Crippen LogP contribution < -0.4 is 0 Å². The molecule has 4 fully saturated rings. The highest BCUT2D eigenvalue weighted by Crippen LogP contribution is 2.59. The van der Waals surface area contributed by atoms with Crippen LogP contribution in [-0.4, -0.2) is 21.0 Å². The number of carbonyl (C=O) groups is 1. The second-order valence-electron chi connectivity index (χ2n) is 7.14. The lowest BCUT2D eigenvalue weighted by Gasteiger charge is -2.53. The van der Waals surface area contributed by atoms with Gasteiger partial charge in [0.15, 0.2) is 0 Å². The van der Waals surface area contributed by atoms with Crippen LogP contribution in [0.4, 0.5) is 0 Å². The Hall–Kier alpha value is -1.32. The van der Waals surface area contributed by atoms with Gasteiger partial charge in [-0.05, 0) is 62.2 Å². The van der Waals surface area contributed by atoms with E-state index in [4.69, 9.17) is 5.11 Å². The van der Waals surface area contributed by atoms with Gasteiger partial charge in [-0.1, -0.05) is 0 Å². The number of carboxylic acids is 1. The molecule has 1 aromatic rings. The van der Waals surface area contributed by atoms with Gasteiger partial charge in [0.05, 0.1) is 6.42 Å². The van der Waals surface area contributed by atoms with Crippen molar-refractivity contribution < 1.29 is 9.90 Å². The fourth-order valence-electron chi connectivity index (χ4n) is 5.29. The van der Waals surface area contributed by atoms with E-state index in [9.17, 15) is 4.79 Å². The number of hydrogen-bond donors (Lipinski definition) is 2. The van der Waals surface area contributed by atoms with Crippen molar-refractivity contribution >= 4 is 5.97 Å². The van der Waals surface area contributed by atoms with Crippen molar-refractivity contribution in [1.82, 2.24) is 9.97 Å². The Morgan fingerprint density at radius 3 is 2.45 bits per heavy atom. The molecule has 0 spiro atoms. The molecule has 0 unspecified atom stereocenters. The molecule has 0 atom stereocenters. The van der Waals surface area contributed by atoms with Gasteiger partial charge in [0, 0.05) is 17.8 Å². The maximum atomic E-state index is 10.6. The summed E-state index contributed by atoms with van der Waals surface area (Å²) < 4.78 is 0. The van der Waals surface area contributed by atoms with Crippen LogP contribution in [0.5, 0.6) is 0 Å². The molecule has 4 aliphatic rings. The third kappa shape index (κ3) is 2.05. The number of imidazole rings is 1. The lowest BCUT2D eigenvalue weighted by molar-refractivity contribution is -0.136. The molecule has 0 saturated heterocycles. The number of aromatic amines is 1. The first-order valence-corrected chi connectivity index (χ1v) is 7.94. The van der Waals surface area contributed by atoms with Gasteiger partial charge in [-0.15, -0.1) is 0 Å². The lowest BCUT2D eigenvalue weighted by atomic mass is 9.52. The highest BCUT2D eigenvalue weighted by Gasteiger charge is 2.49. The van der Waals surface area contributed by atoms with Crippen LogP contribution in [0.1, 0.15) is 56.0 Å². The Bertz CT molecular complexity index is 494. The minimum atomic E-state index is -0.740. The SMILES string of the molecule is O=C(O)CCc1cnc(C2C3CC4CC(C3)CC2C4)[nH]1. The van der Waals surface area contributed by atoms with Crippen LogP contribution >= 0.6 is 0 Å². The summed E-state index contributed by atoms with van der Waals surface area (Å²) in [7, 11) is 0. The molecule has 0 amide bonds. The average molecular weight is 274 g/mol. The summed E-state index contributed by atoms with van der Waals surface area (Å²) in [6.07, 6.45) is 9.64. The second-order valence-corrected chi connectivity index (χ2v) is 7.14. The highest BCUT2D eigenvalue weighted by atomic mass is 16.4. The summed E-state index contributed by atoms with van der Waals surface area (Å²) in [5, 5.41) is 8.76. The Balaban J connectivity index is 1.51. The summed E-state index contributed by atoms with van der Waals surface area (Å²) in [6, 6.07) is 0. The van der Waals surface area contributed by atoms with Gasteiger partial charge >= 0.3 is 5.97 Å². The third-order valence-corrected chi connectivity index (χ3v) is 5.80. The van der Waals surface area contributed by atoms with Crippen molar-refractivity contribution in [2.75, 3.05) is 0 Å². The number of carboxylic acid groups (broad SMARTS) is 1. The summed E-state index contributed by atoms with van der Waals surface area (Å²) in [6.45, 7) is 0. The number of aliphatic carboxylic acids is 1. The molecule has 5 rings (SSSR count). The fraction of sp³-hybridized carbons (Fsp3) is 0.750. The smallest absolute Gasteiger partial charge is 0.303 e. The van der Waals surface area contributed by atoms with E-state index >= 15 is 0 Å². The molecule has 0 radical (unpaired) electrons. The molecular formula is C16H22N2O2. The first-order chi connectivity index (χ1) is 9.69. The lowest BCUT2D eigenvalue weighted by Crippen LogP contribution is -2.44. The first kappa shape index (κ1) is 12.4. The number of aryl methyl sites for hydroxylation is 1. The quantitative estimate of drug-likeness (QED) is 0.887. The molecule has 4 heteroatoms. The first-order valence-electron chi connectivity index (χ1n) is 7.94. The predicted octanol–water partition coefficient (Wildman–Crippen LogP) is 2.97. The Labute approximate surface area is 119 Å². The third-order valence-electron chi connectivity index (χ3n) is 5.80. The molecule has 1 heterocycles. The van der Waals surface area contributed by atoms with Gasteiger partial charge in [-0.25, -0.2) is 4.98 Å². The zero-order chi connectivity index (χ0) is 13.7. The van der Waals surface area contributed by atoms with Crippen molar-refractivity contribution in [3.63, 3.8) is 0 Å². The molecule has 108 valence electrons. The van der Waals surface area contributed by atoms with Crippen LogP contribution in [0.2, 0.25) is 0 Å². The van der Waals surface area contributed by atoms with Crippen LogP contribution in [0.3, 0.4) is 0 Å². The summed E-state index contributed by atoms with van der Waals surface area (Å²) in [4.78, 5) is 18.7.